The van der Waals surface area contributed by atoms with E-state index in [0.29, 0.717) is 17.5 Å². The fraction of sp³-hybridized carbons (Fsp3) is 0.467. The Balaban J connectivity index is 1.59. The van der Waals surface area contributed by atoms with Crippen LogP contribution in [0.15, 0.2) is 33.5 Å². The first-order chi connectivity index (χ1) is 9.33. The second-order valence-corrected chi connectivity index (χ2v) is 5.07. The van der Waals surface area contributed by atoms with Gasteiger partial charge in [0.25, 0.3) is 0 Å². The Kier molecular flexibility index (Phi) is 3.49. The number of fused-ring (bicyclic) bond motifs is 1. The van der Waals surface area contributed by atoms with E-state index in [1.807, 2.05) is 6.07 Å². The third kappa shape index (κ3) is 3.13. The molecule has 0 saturated heterocycles. The van der Waals surface area contributed by atoms with Gasteiger partial charge in [0.2, 0.25) is 0 Å². The molecule has 0 unspecified atom stereocenters. The van der Waals surface area contributed by atoms with Crippen LogP contribution in [0.1, 0.15) is 32.1 Å². The third-order valence-electron chi connectivity index (χ3n) is 3.44. The van der Waals surface area contributed by atoms with Crippen LogP contribution in [-0.2, 0) is 0 Å². The molecule has 1 heterocycles. The quantitative estimate of drug-likeness (QED) is 0.748. The van der Waals surface area contributed by atoms with Gasteiger partial charge < -0.3 is 9.15 Å². The molecule has 0 spiro atoms. The van der Waals surface area contributed by atoms with Crippen LogP contribution in [-0.4, -0.2) is 11.6 Å². The van der Waals surface area contributed by atoms with E-state index < -0.39 is 5.63 Å². The summed E-state index contributed by atoms with van der Waals surface area (Å²) >= 11 is 0. The summed E-state index contributed by atoms with van der Waals surface area (Å²) in [6.07, 6.45) is 6.30. The molecule has 4 nitrogen and oxygen atoms in total. The van der Waals surface area contributed by atoms with Crippen LogP contribution in [0, 0.1) is 5.92 Å². The Morgan fingerprint density at radius 2 is 2.11 bits per heavy atom. The molecular weight excluding hydrogens is 242 g/mol. The van der Waals surface area contributed by atoms with Crippen molar-refractivity contribution in [1.82, 2.24) is 4.98 Å². The first kappa shape index (κ1) is 12.2. The Hall–Kier alpha value is -1.84. The molecule has 1 aromatic heterocycles. The monoisotopic (exact) mass is 259 g/mol. The molecule has 0 atom stereocenters. The van der Waals surface area contributed by atoms with Gasteiger partial charge in [-0.05, 0) is 30.9 Å². The van der Waals surface area contributed by atoms with Gasteiger partial charge in [0, 0.05) is 0 Å². The highest BCUT2D eigenvalue weighted by Crippen LogP contribution is 2.33. The summed E-state index contributed by atoms with van der Waals surface area (Å²) in [5, 5.41) is 0.489. The molecule has 0 bridgehead atoms. The minimum Gasteiger partial charge on any atom is -0.450 e. The van der Waals surface area contributed by atoms with Crippen LogP contribution >= 0.6 is 0 Å². The van der Waals surface area contributed by atoms with Crippen LogP contribution in [0.2, 0.25) is 0 Å². The predicted molar refractivity (Wildman–Crippen MR) is 72.3 cm³/mol. The zero-order valence-corrected chi connectivity index (χ0v) is 10.8. The molecule has 1 aliphatic rings. The van der Waals surface area contributed by atoms with Crippen LogP contribution in [0.4, 0.5) is 0 Å². The van der Waals surface area contributed by atoms with Crippen molar-refractivity contribution in [2.45, 2.75) is 32.1 Å². The van der Waals surface area contributed by atoms with E-state index in [2.05, 4.69) is 4.98 Å². The summed E-state index contributed by atoms with van der Waals surface area (Å²) in [4.78, 5) is 15.9. The molecule has 2 aromatic rings. The van der Waals surface area contributed by atoms with Gasteiger partial charge in [0.05, 0.1) is 17.5 Å². The van der Waals surface area contributed by atoms with Crippen molar-refractivity contribution in [3.8, 4) is 6.08 Å². The molecule has 1 aliphatic carbocycles. The average Bonchev–Trinajstić information content (AvgIpc) is 3.23. The van der Waals surface area contributed by atoms with Crippen LogP contribution < -0.4 is 10.4 Å². The Labute approximate surface area is 111 Å². The van der Waals surface area contributed by atoms with Crippen molar-refractivity contribution >= 4 is 10.9 Å². The molecule has 1 aromatic carbocycles. The van der Waals surface area contributed by atoms with Gasteiger partial charge in [-0.15, -0.1) is 0 Å². The normalized spacial score (nSPS) is 14.7. The predicted octanol–water partition coefficient (Wildman–Crippen LogP) is 3.15. The summed E-state index contributed by atoms with van der Waals surface area (Å²) in [7, 11) is 0. The van der Waals surface area contributed by atoms with Crippen molar-refractivity contribution in [2.75, 3.05) is 6.61 Å². The second kappa shape index (κ2) is 5.43. The van der Waals surface area contributed by atoms with Crippen molar-refractivity contribution in [2.24, 2.45) is 5.92 Å². The SMILES string of the molecule is O=c1oc(OCCCCC2CC2)nc2ccccc12. The van der Waals surface area contributed by atoms with Crippen LogP contribution in [0.3, 0.4) is 0 Å². The topological polar surface area (TPSA) is 52.3 Å². The molecule has 100 valence electrons. The molecule has 4 heteroatoms. The fourth-order valence-corrected chi connectivity index (χ4v) is 2.16. The summed E-state index contributed by atoms with van der Waals surface area (Å²) in [5.74, 6) is 0.955. The van der Waals surface area contributed by atoms with Crippen molar-refractivity contribution in [3.63, 3.8) is 0 Å². The minimum absolute atomic E-state index is 0.0788. The number of hydrogen-bond acceptors (Lipinski definition) is 4. The molecular formula is C15H17NO3. The second-order valence-electron chi connectivity index (χ2n) is 5.07. The van der Waals surface area contributed by atoms with E-state index in [1.165, 1.54) is 25.7 Å². The number of unbranched alkanes of at least 4 members (excludes halogenated alkanes) is 1. The van der Waals surface area contributed by atoms with Crippen molar-refractivity contribution < 1.29 is 9.15 Å². The van der Waals surface area contributed by atoms with Gasteiger partial charge in [-0.3, -0.25) is 0 Å². The first-order valence-electron chi connectivity index (χ1n) is 6.85. The zero-order chi connectivity index (χ0) is 13.1. The lowest BCUT2D eigenvalue weighted by Crippen LogP contribution is -2.06. The van der Waals surface area contributed by atoms with Gasteiger partial charge in [-0.25, -0.2) is 4.79 Å². The van der Waals surface area contributed by atoms with Gasteiger partial charge in [-0.1, -0.05) is 31.4 Å². The number of ether oxygens (including phenoxy) is 1. The molecule has 1 fully saturated rings. The summed E-state index contributed by atoms with van der Waals surface area (Å²) < 4.78 is 10.5. The summed E-state index contributed by atoms with van der Waals surface area (Å²) in [6, 6.07) is 7.12. The molecule has 3 rings (SSSR count). The number of rotatable bonds is 6. The number of aromatic nitrogens is 1. The highest BCUT2D eigenvalue weighted by Gasteiger charge is 2.19. The Bertz CT molecular complexity index is 616. The highest BCUT2D eigenvalue weighted by atomic mass is 16.6. The van der Waals surface area contributed by atoms with Gasteiger partial charge in [0.1, 0.15) is 0 Å². The molecule has 1 saturated carbocycles. The lowest BCUT2D eigenvalue weighted by molar-refractivity contribution is 0.211. The number of nitrogens with zero attached hydrogens (tertiary/aromatic N) is 1. The maximum absolute atomic E-state index is 11.7. The van der Waals surface area contributed by atoms with Gasteiger partial charge >= 0.3 is 11.7 Å². The highest BCUT2D eigenvalue weighted by molar-refractivity contribution is 5.76. The number of benzene rings is 1. The lowest BCUT2D eigenvalue weighted by atomic mass is 10.2. The van der Waals surface area contributed by atoms with E-state index in [4.69, 9.17) is 9.15 Å². The molecule has 0 radical (unpaired) electrons. The Morgan fingerprint density at radius 1 is 1.26 bits per heavy atom. The van der Waals surface area contributed by atoms with Crippen molar-refractivity contribution in [1.29, 1.82) is 0 Å². The lowest BCUT2D eigenvalue weighted by Gasteiger charge is -2.04. The van der Waals surface area contributed by atoms with Crippen LogP contribution in [0.5, 0.6) is 6.08 Å². The molecule has 0 N–H and O–H groups in total. The largest absolute Gasteiger partial charge is 0.450 e. The fourth-order valence-electron chi connectivity index (χ4n) is 2.16. The minimum atomic E-state index is -0.390. The maximum Gasteiger partial charge on any atom is 0.397 e. The Morgan fingerprint density at radius 3 is 2.95 bits per heavy atom. The molecule has 19 heavy (non-hydrogen) atoms. The van der Waals surface area contributed by atoms with E-state index in [9.17, 15) is 4.79 Å². The van der Waals surface area contributed by atoms with Gasteiger partial charge in [-0.2, -0.15) is 4.98 Å². The summed E-state index contributed by atoms with van der Waals surface area (Å²) in [6.45, 7) is 0.557. The standard InChI is InChI=1S/C15H17NO3/c17-14-12-6-1-2-7-13(12)16-15(19-14)18-10-4-3-5-11-8-9-11/h1-2,6-7,11H,3-5,8-10H2. The van der Waals surface area contributed by atoms with E-state index in [-0.39, 0.29) is 6.08 Å². The first-order valence-corrected chi connectivity index (χ1v) is 6.85. The van der Waals surface area contributed by atoms with Crippen molar-refractivity contribution in [3.05, 3.63) is 34.7 Å². The molecule has 0 amide bonds. The maximum atomic E-state index is 11.7. The smallest absolute Gasteiger partial charge is 0.397 e. The summed E-state index contributed by atoms with van der Waals surface area (Å²) in [5.41, 5.74) is 0.227. The molecule has 0 aliphatic heterocycles. The van der Waals surface area contributed by atoms with E-state index in [1.54, 1.807) is 18.2 Å². The average molecular weight is 259 g/mol. The number of para-hydroxylation sites is 1. The van der Waals surface area contributed by atoms with Gasteiger partial charge in [0.15, 0.2) is 0 Å². The van der Waals surface area contributed by atoms with Crippen LogP contribution in [0.25, 0.3) is 10.9 Å². The zero-order valence-electron chi connectivity index (χ0n) is 10.8. The third-order valence-corrected chi connectivity index (χ3v) is 3.44. The number of hydrogen-bond donors (Lipinski definition) is 0. The van der Waals surface area contributed by atoms with E-state index in [0.717, 1.165) is 12.3 Å². The van der Waals surface area contributed by atoms with E-state index >= 15 is 0 Å².